The fourth-order valence-electron chi connectivity index (χ4n) is 13.1. The lowest BCUT2D eigenvalue weighted by Gasteiger charge is -2.64. The Kier molecular flexibility index (Phi) is 7.10. The van der Waals surface area contributed by atoms with Gasteiger partial charge >= 0.3 is 17.9 Å². The molecule has 248 valence electrons. The minimum absolute atomic E-state index is 0.0231. The second kappa shape index (κ2) is 9.68. The summed E-state index contributed by atoms with van der Waals surface area (Å²) in [7, 11) is 0. The number of fused-ring (bicyclic) bond motifs is 2. The number of rotatable bonds is 5. The van der Waals surface area contributed by atoms with E-state index < -0.39 is 11.2 Å². The Hall–Kier alpha value is -1.67. The normalized spacial score (nSPS) is 50.4. The minimum Gasteiger partial charge on any atom is -0.462 e. The number of hydrogen-bond acceptors (Lipinski definition) is 8. The zero-order valence-corrected chi connectivity index (χ0v) is 28.7. The largest absolute Gasteiger partial charge is 0.462 e. The highest BCUT2D eigenvalue weighted by Gasteiger charge is 2.85. The van der Waals surface area contributed by atoms with Crippen LogP contribution in [0.2, 0.25) is 0 Å². The van der Waals surface area contributed by atoms with Crippen LogP contribution in [-0.2, 0) is 33.3 Å². The molecular weight excluding hydrogens is 560 g/mol. The summed E-state index contributed by atoms with van der Waals surface area (Å²) in [5.41, 5.74) is -2.07. The van der Waals surface area contributed by atoms with Crippen LogP contribution >= 0.6 is 0 Å². The van der Waals surface area contributed by atoms with E-state index in [1.165, 1.54) is 20.8 Å². The van der Waals surface area contributed by atoms with Gasteiger partial charge in [-0.3, -0.25) is 14.4 Å². The average molecular weight is 617 g/mol. The molecule has 1 saturated heterocycles. The number of esters is 3. The molecule has 0 aromatic rings. The van der Waals surface area contributed by atoms with Crippen molar-refractivity contribution in [2.24, 2.45) is 44.8 Å². The van der Waals surface area contributed by atoms with E-state index in [4.69, 9.17) is 18.9 Å². The maximum atomic E-state index is 12.7. The summed E-state index contributed by atoms with van der Waals surface area (Å²) in [6.45, 7) is 19.6. The summed E-state index contributed by atoms with van der Waals surface area (Å²) in [4.78, 5) is 37.4. The summed E-state index contributed by atoms with van der Waals surface area (Å²) in [5.74, 6) is -0.426. The quantitative estimate of drug-likeness (QED) is 0.290. The summed E-state index contributed by atoms with van der Waals surface area (Å²) in [5, 5.41) is 10.9. The van der Waals surface area contributed by atoms with Crippen LogP contribution < -0.4 is 0 Å². The van der Waals surface area contributed by atoms with E-state index in [1.807, 2.05) is 13.8 Å². The highest BCUT2D eigenvalue weighted by atomic mass is 16.6. The smallest absolute Gasteiger partial charge is 0.302 e. The molecule has 2 spiro atoms. The fraction of sp³-hybridized carbons (Fsp3) is 0.917. The highest BCUT2D eigenvalue weighted by Crippen LogP contribution is 2.89. The monoisotopic (exact) mass is 616 g/mol. The molecule has 6 fully saturated rings. The predicted molar refractivity (Wildman–Crippen MR) is 163 cm³/mol. The molecule has 44 heavy (non-hydrogen) atoms. The Morgan fingerprint density at radius 1 is 0.750 bits per heavy atom. The van der Waals surface area contributed by atoms with Crippen LogP contribution in [0, 0.1) is 44.8 Å². The van der Waals surface area contributed by atoms with Crippen LogP contribution in [0.25, 0.3) is 0 Å². The van der Waals surface area contributed by atoms with Crippen LogP contribution in [-0.4, -0.2) is 58.6 Å². The van der Waals surface area contributed by atoms with Crippen molar-refractivity contribution < 1.29 is 38.4 Å². The molecule has 0 aromatic carbocycles. The summed E-state index contributed by atoms with van der Waals surface area (Å²) < 4.78 is 25.3. The molecule has 0 amide bonds. The Morgan fingerprint density at radius 3 is 1.93 bits per heavy atom. The van der Waals surface area contributed by atoms with Gasteiger partial charge in [0.05, 0.1) is 17.3 Å². The third-order valence-corrected chi connectivity index (χ3v) is 14.6. The van der Waals surface area contributed by atoms with Gasteiger partial charge in [-0.1, -0.05) is 27.7 Å². The first-order chi connectivity index (χ1) is 20.2. The van der Waals surface area contributed by atoms with E-state index in [2.05, 4.69) is 34.6 Å². The molecule has 5 aliphatic carbocycles. The molecule has 1 heterocycles. The Bertz CT molecular complexity index is 1240. The van der Waals surface area contributed by atoms with Crippen LogP contribution in [0.3, 0.4) is 0 Å². The van der Waals surface area contributed by atoms with Crippen molar-refractivity contribution in [3.8, 4) is 0 Å². The van der Waals surface area contributed by atoms with Gasteiger partial charge in [0, 0.05) is 38.0 Å². The predicted octanol–water partition coefficient (Wildman–Crippen LogP) is 6.15. The molecule has 12 atom stereocenters. The molecule has 5 saturated carbocycles. The lowest BCUT2D eigenvalue weighted by Crippen LogP contribution is -2.63. The van der Waals surface area contributed by atoms with E-state index in [0.29, 0.717) is 0 Å². The molecule has 0 radical (unpaired) electrons. The Labute approximate surface area is 263 Å². The molecule has 1 unspecified atom stereocenters. The maximum Gasteiger partial charge on any atom is 0.302 e. The van der Waals surface area contributed by atoms with Gasteiger partial charge < -0.3 is 24.1 Å². The van der Waals surface area contributed by atoms with Crippen LogP contribution in [0.15, 0.2) is 0 Å². The lowest BCUT2D eigenvalue weighted by atomic mass is 9.41. The zero-order chi connectivity index (χ0) is 32.5. The molecule has 1 N–H and O–H groups in total. The summed E-state index contributed by atoms with van der Waals surface area (Å²) in [6, 6.07) is 0. The van der Waals surface area contributed by atoms with Gasteiger partial charge in [0.2, 0.25) is 0 Å². The zero-order valence-electron chi connectivity index (χ0n) is 28.7. The van der Waals surface area contributed by atoms with Crippen molar-refractivity contribution in [3.63, 3.8) is 0 Å². The molecule has 0 aromatic heterocycles. The molecule has 6 rings (SSSR count). The molecule has 8 heteroatoms. The summed E-state index contributed by atoms with van der Waals surface area (Å²) in [6.07, 6.45) is 7.01. The van der Waals surface area contributed by atoms with Gasteiger partial charge in [-0.25, -0.2) is 0 Å². The van der Waals surface area contributed by atoms with E-state index in [-0.39, 0.29) is 87.2 Å². The van der Waals surface area contributed by atoms with E-state index in [9.17, 15) is 19.5 Å². The fourth-order valence-corrected chi connectivity index (χ4v) is 13.1. The second-order valence-electron chi connectivity index (χ2n) is 17.6. The van der Waals surface area contributed by atoms with Crippen molar-refractivity contribution in [3.05, 3.63) is 0 Å². The first-order valence-electron chi connectivity index (χ1n) is 17.1. The highest BCUT2D eigenvalue weighted by molar-refractivity contribution is 5.67. The Balaban J connectivity index is 1.42. The van der Waals surface area contributed by atoms with Crippen molar-refractivity contribution in [1.29, 1.82) is 0 Å². The minimum atomic E-state index is -0.956. The first kappa shape index (κ1) is 32.3. The molecular formula is C36H56O8. The van der Waals surface area contributed by atoms with E-state index >= 15 is 0 Å². The third kappa shape index (κ3) is 4.24. The van der Waals surface area contributed by atoms with E-state index in [1.54, 1.807) is 0 Å². The van der Waals surface area contributed by atoms with Gasteiger partial charge in [-0.2, -0.15) is 0 Å². The standard InChI is InChI=1S/C36H56O8/c1-20(37)41-23-17-25-33(9)18-24(42-21(2)38)29(34(10)13-11-27(44-34)31(6,7)40)32(33,8)15-16-35(25)19-36(35)14-12-26(43-22(3)39)30(4,5)28(23)36/h23-29,40H,11-19H2,1-10H3/t23-,24-,25-,26-,27-,28-,29-,32+,33-,34+,35-,36?/m0/s1. The van der Waals surface area contributed by atoms with Gasteiger partial charge in [-0.15, -0.1) is 0 Å². The first-order valence-corrected chi connectivity index (χ1v) is 17.1. The van der Waals surface area contributed by atoms with Gasteiger partial charge in [0.1, 0.15) is 18.3 Å². The SMILES string of the molecule is CC(=O)O[C@H]1C[C@@]2(C)[C@@H]3C[C@H](OC(C)=O)[C@H]4C(C)(C)[C@@H](OC(C)=O)CCC45C[C@@]35CC[C@]2(C)[C@H]1[C@@]1(C)CC[C@@H](C(C)(C)O)O1. The van der Waals surface area contributed by atoms with Crippen molar-refractivity contribution in [2.75, 3.05) is 0 Å². The van der Waals surface area contributed by atoms with Crippen LogP contribution in [0.1, 0.15) is 127 Å². The van der Waals surface area contributed by atoms with Crippen molar-refractivity contribution >= 4 is 17.9 Å². The molecule has 8 nitrogen and oxygen atoms in total. The van der Waals surface area contributed by atoms with Gasteiger partial charge in [0.25, 0.3) is 0 Å². The van der Waals surface area contributed by atoms with Crippen LogP contribution in [0.4, 0.5) is 0 Å². The molecule has 1 aliphatic heterocycles. The summed E-state index contributed by atoms with van der Waals surface area (Å²) >= 11 is 0. The topological polar surface area (TPSA) is 108 Å². The molecule has 0 bridgehead atoms. The van der Waals surface area contributed by atoms with Gasteiger partial charge in [-0.05, 0) is 106 Å². The van der Waals surface area contributed by atoms with Gasteiger partial charge in [0.15, 0.2) is 0 Å². The number of carbonyl (C=O) groups is 3. The van der Waals surface area contributed by atoms with Crippen molar-refractivity contribution in [2.45, 2.75) is 163 Å². The number of carbonyl (C=O) groups excluding carboxylic acids is 3. The molecule has 6 aliphatic rings. The lowest BCUT2D eigenvalue weighted by molar-refractivity contribution is -0.224. The number of hydrogen-bond donors (Lipinski definition) is 1. The Morgan fingerprint density at radius 2 is 1.36 bits per heavy atom. The second-order valence-corrected chi connectivity index (χ2v) is 17.6. The number of ether oxygens (including phenoxy) is 4. The van der Waals surface area contributed by atoms with E-state index in [0.717, 1.165) is 57.8 Å². The van der Waals surface area contributed by atoms with Crippen molar-refractivity contribution in [1.82, 2.24) is 0 Å². The van der Waals surface area contributed by atoms with Crippen LogP contribution in [0.5, 0.6) is 0 Å². The number of aliphatic hydroxyl groups is 1. The third-order valence-electron chi connectivity index (χ3n) is 14.6. The average Bonchev–Trinajstić information content (AvgIpc) is 3.21. The maximum absolute atomic E-state index is 12.7.